The summed E-state index contributed by atoms with van der Waals surface area (Å²) in [5, 5.41) is 26.7. The molecular weight excluding hydrogens is 608 g/mol. The maximum atomic E-state index is 14.1. The second-order valence-electron chi connectivity index (χ2n) is 12.5. The Balaban J connectivity index is 1.77. The first kappa shape index (κ1) is 33.8. The van der Waals surface area contributed by atoms with E-state index in [0.29, 0.717) is 35.1 Å². The minimum atomic E-state index is -0.735. The second-order valence-corrected chi connectivity index (χ2v) is 12.5. The number of carbonyl (C=O) groups is 1. The number of nitrogens with zero attached hydrogens (tertiary/aromatic N) is 3. The van der Waals surface area contributed by atoms with Crippen LogP contribution in [-0.4, -0.2) is 22.4 Å². The number of anilines is 2. The molecule has 48 heavy (non-hydrogen) atoms. The monoisotopic (exact) mass is 648 g/mol. The maximum Gasteiger partial charge on any atom is 0.338 e. The number of hydrogen-bond donors (Lipinski definition) is 1. The summed E-state index contributed by atoms with van der Waals surface area (Å²) in [6.45, 7) is 10.4. The van der Waals surface area contributed by atoms with Gasteiger partial charge in [0.2, 0.25) is 0 Å². The average Bonchev–Trinajstić information content (AvgIpc) is 3.08. The van der Waals surface area contributed by atoms with Crippen LogP contribution in [0.25, 0.3) is 0 Å². The molecule has 10 heteroatoms. The van der Waals surface area contributed by atoms with Crippen molar-refractivity contribution in [3.8, 4) is 0 Å². The zero-order valence-electron chi connectivity index (χ0n) is 27.8. The van der Waals surface area contributed by atoms with E-state index in [2.05, 4.69) is 50.0 Å². The molecular formula is C38H40N4O6. The quantitative estimate of drug-likeness (QED) is 0.0968. The van der Waals surface area contributed by atoms with Gasteiger partial charge in [-0.2, -0.15) is 0 Å². The molecule has 1 aliphatic heterocycles. The van der Waals surface area contributed by atoms with Crippen molar-refractivity contribution in [2.45, 2.75) is 65.0 Å². The van der Waals surface area contributed by atoms with Crippen LogP contribution in [0.5, 0.6) is 0 Å². The fourth-order valence-corrected chi connectivity index (χ4v) is 6.14. The van der Waals surface area contributed by atoms with Gasteiger partial charge in [0.25, 0.3) is 11.4 Å². The number of nitro benzene ring substituents is 2. The number of non-ortho nitro benzene ring substituents is 2. The average molecular weight is 649 g/mol. The minimum absolute atomic E-state index is 0.0272. The molecule has 5 rings (SSSR count). The van der Waals surface area contributed by atoms with Crippen LogP contribution >= 0.6 is 0 Å². The molecule has 10 nitrogen and oxygen atoms in total. The van der Waals surface area contributed by atoms with Crippen molar-refractivity contribution in [3.05, 3.63) is 151 Å². The molecule has 0 aromatic heterocycles. The molecule has 0 bridgehead atoms. The highest BCUT2D eigenvalue weighted by molar-refractivity contribution is 5.93. The van der Waals surface area contributed by atoms with E-state index in [1.165, 1.54) is 29.8 Å². The van der Waals surface area contributed by atoms with E-state index in [0.717, 1.165) is 22.5 Å². The molecule has 1 aliphatic rings. The fraction of sp³-hybridized carbons (Fsp3) is 0.289. The van der Waals surface area contributed by atoms with E-state index in [1.54, 1.807) is 31.2 Å². The molecule has 0 saturated carbocycles. The zero-order valence-corrected chi connectivity index (χ0v) is 27.8. The van der Waals surface area contributed by atoms with Crippen molar-refractivity contribution in [2.24, 2.45) is 0 Å². The van der Waals surface area contributed by atoms with E-state index >= 15 is 0 Å². The Labute approximate surface area is 280 Å². The van der Waals surface area contributed by atoms with E-state index < -0.39 is 27.9 Å². The first-order chi connectivity index (χ1) is 23.0. The van der Waals surface area contributed by atoms with Gasteiger partial charge in [-0.3, -0.25) is 20.2 Å². The lowest BCUT2D eigenvalue weighted by Gasteiger charge is -2.46. The number of carbonyl (C=O) groups excluding carboxylic acids is 1. The first-order valence-electron chi connectivity index (χ1n) is 16.1. The summed E-state index contributed by atoms with van der Waals surface area (Å²) in [5.41, 5.74) is 6.28. The molecule has 4 aromatic carbocycles. The lowest BCUT2D eigenvalue weighted by Crippen LogP contribution is -2.41. The van der Waals surface area contributed by atoms with Crippen LogP contribution in [0, 0.1) is 20.2 Å². The standard InChI is InChI=1S/C38H40N4O6/c1-6-48-38(43)36-34(39-30-15-7-26(8-16-30)24(2)3)23-35(28-11-19-32(20-12-28)41(44)45)40(31-17-9-27(10-18-31)25(4)5)37(36)29-13-21-33(22-14-29)42(46)47/h7-22,24-25,35,37,39H,6,23H2,1-5H3. The molecule has 4 aromatic rings. The topological polar surface area (TPSA) is 128 Å². The van der Waals surface area contributed by atoms with Crippen molar-refractivity contribution in [3.63, 3.8) is 0 Å². The van der Waals surface area contributed by atoms with Crippen LogP contribution in [0.15, 0.2) is 108 Å². The molecule has 0 fully saturated rings. The lowest BCUT2D eigenvalue weighted by atomic mass is 9.83. The fourth-order valence-electron chi connectivity index (χ4n) is 6.14. The van der Waals surface area contributed by atoms with Gasteiger partial charge in [0.1, 0.15) is 0 Å². The molecule has 0 radical (unpaired) electrons. The van der Waals surface area contributed by atoms with Crippen LogP contribution in [0.4, 0.5) is 22.7 Å². The van der Waals surface area contributed by atoms with Gasteiger partial charge >= 0.3 is 5.97 Å². The molecule has 1 N–H and O–H groups in total. The normalized spacial score (nSPS) is 16.3. The van der Waals surface area contributed by atoms with Crippen LogP contribution in [0.1, 0.15) is 87.2 Å². The molecule has 0 saturated heterocycles. The van der Waals surface area contributed by atoms with Gasteiger partial charge in [0, 0.05) is 47.8 Å². The smallest absolute Gasteiger partial charge is 0.338 e. The van der Waals surface area contributed by atoms with Gasteiger partial charge in [-0.05, 0) is 77.4 Å². The summed E-state index contributed by atoms with van der Waals surface area (Å²) in [6.07, 6.45) is 0.341. The highest BCUT2D eigenvalue weighted by Crippen LogP contribution is 2.48. The minimum Gasteiger partial charge on any atom is -0.463 e. The Morgan fingerprint density at radius 1 is 0.771 bits per heavy atom. The van der Waals surface area contributed by atoms with Gasteiger partial charge < -0.3 is 15.0 Å². The van der Waals surface area contributed by atoms with Gasteiger partial charge in [-0.15, -0.1) is 0 Å². The van der Waals surface area contributed by atoms with Crippen molar-refractivity contribution >= 4 is 28.7 Å². The number of hydrogen-bond acceptors (Lipinski definition) is 8. The van der Waals surface area contributed by atoms with Gasteiger partial charge in [-0.1, -0.05) is 64.1 Å². The van der Waals surface area contributed by atoms with E-state index in [-0.39, 0.29) is 18.0 Å². The number of ether oxygens (including phenoxy) is 1. The van der Waals surface area contributed by atoms with Crippen LogP contribution in [0.2, 0.25) is 0 Å². The predicted octanol–water partition coefficient (Wildman–Crippen LogP) is 9.37. The third kappa shape index (κ3) is 7.22. The Kier molecular flexibility index (Phi) is 10.2. The largest absolute Gasteiger partial charge is 0.463 e. The van der Waals surface area contributed by atoms with E-state index in [1.807, 2.05) is 36.4 Å². The lowest BCUT2D eigenvalue weighted by molar-refractivity contribution is -0.385. The summed E-state index contributed by atoms with van der Waals surface area (Å²) in [4.78, 5) is 38.4. The molecule has 248 valence electrons. The summed E-state index contributed by atoms with van der Waals surface area (Å²) in [5.74, 6) is 0.133. The Morgan fingerprint density at radius 3 is 1.71 bits per heavy atom. The van der Waals surface area contributed by atoms with Crippen molar-refractivity contribution in [1.82, 2.24) is 0 Å². The highest BCUT2D eigenvalue weighted by atomic mass is 16.6. The highest BCUT2D eigenvalue weighted by Gasteiger charge is 2.42. The van der Waals surface area contributed by atoms with E-state index in [4.69, 9.17) is 4.74 Å². The Hall–Kier alpha value is -5.51. The molecule has 2 unspecified atom stereocenters. The van der Waals surface area contributed by atoms with Crippen molar-refractivity contribution in [2.75, 3.05) is 16.8 Å². The summed E-state index contributed by atoms with van der Waals surface area (Å²) in [6, 6.07) is 27.7. The van der Waals surface area contributed by atoms with E-state index in [9.17, 15) is 25.0 Å². The Bertz CT molecular complexity index is 1800. The predicted molar refractivity (Wildman–Crippen MR) is 187 cm³/mol. The zero-order chi connectivity index (χ0) is 34.5. The van der Waals surface area contributed by atoms with Gasteiger partial charge in [0.15, 0.2) is 0 Å². The number of esters is 1. The maximum absolute atomic E-state index is 14.1. The van der Waals surface area contributed by atoms with Crippen LogP contribution in [0.3, 0.4) is 0 Å². The van der Waals surface area contributed by atoms with Crippen LogP contribution in [-0.2, 0) is 9.53 Å². The number of nitrogens with one attached hydrogen (secondary N) is 1. The molecule has 1 heterocycles. The number of rotatable bonds is 11. The molecule has 2 atom stereocenters. The first-order valence-corrected chi connectivity index (χ1v) is 16.1. The molecule has 0 amide bonds. The summed E-state index contributed by atoms with van der Waals surface area (Å²) >= 11 is 0. The third-order valence-electron chi connectivity index (χ3n) is 8.74. The van der Waals surface area contributed by atoms with Crippen molar-refractivity contribution in [1.29, 1.82) is 0 Å². The summed E-state index contributed by atoms with van der Waals surface area (Å²) in [7, 11) is 0. The van der Waals surface area contributed by atoms with Gasteiger partial charge in [0.05, 0.1) is 34.1 Å². The van der Waals surface area contributed by atoms with Gasteiger partial charge in [-0.25, -0.2) is 4.79 Å². The SMILES string of the molecule is CCOC(=O)C1=C(Nc2ccc(C(C)C)cc2)CC(c2ccc([N+](=O)[O-])cc2)N(c2ccc(C(C)C)cc2)C1c1ccc([N+](=O)[O-])cc1. The van der Waals surface area contributed by atoms with Crippen LogP contribution < -0.4 is 10.2 Å². The number of nitro groups is 2. The summed E-state index contributed by atoms with van der Waals surface area (Å²) < 4.78 is 5.68. The number of benzene rings is 4. The molecule has 0 spiro atoms. The third-order valence-corrected chi connectivity index (χ3v) is 8.74. The molecule has 0 aliphatic carbocycles. The Morgan fingerprint density at radius 2 is 1.25 bits per heavy atom. The second kappa shape index (κ2) is 14.5. The van der Waals surface area contributed by atoms with Crippen molar-refractivity contribution < 1.29 is 19.4 Å².